The molecule has 0 radical (unpaired) electrons. The van der Waals surface area contributed by atoms with Crippen molar-refractivity contribution in [3.05, 3.63) is 34.3 Å². The number of nitrogens with zero attached hydrogens (tertiary/aromatic N) is 1. The minimum absolute atomic E-state index is 0.0829. The van der Waals surface area contributed by atoms with E-state index in [0.29, 0.717) is 6.42 Å². The van der Waals surface area contributed by atoms with Gasteiger partial charge in [0.2, 0.25) is 11.8 Å². The largest absolute Gasteiger partial charge is 0.391 e. The third kappa shape index (κ3) is 5.54. The van der Waals surface area contributed by atoms with Crippen LogP contribution in [0.1, 0.15) is 52.1 Å². The van der Waals surface area contributed by atoms with Gasteiger partial charge in [0.1, 0.15) is 6.04 Å². The molecular weight excluding hydrogens is 384 g/mol. The van der Waals surface area contributed by atoms with E-state index in [1.54, 1.807) is 0 Å². The van der Waals surface area contributed by atoms with Crippen molar-refractivity contribution >= 4 is 27.7 Å². The molecule has 1 aliphatic heterocycles. The summed E-state index contributed by atoms with van der Waals surface area (Å²) in [6, 6.07) is 6.97. The standard InChI is InChI=1S/C19H27BrN2O3/c1-12(13-5-7-14(20)8-6-13)21-18(25)16-9-15(23)11-22(16)17(24)10-19(2,3)4/h5-8,12,15-16,23H,9-11H2,1-4H3,(H,21,25)/t12-,15+,16?/m0/s1. The average molecular weight is 411 g/mol. The molecule has 3 atom stereocenters. The molecule has 0 aliphatic carbocycles. The number of amides is 2. The maximum Gasteiger partial charge on any atom is 0.243 e. The van der Waals surface area contributed by atoms with Gasteiger partial charge >= 0.3 is 0 Å². The topological polar surface area (TPSA) is 69.6 Å². The van der Waals surface area contributed by atoms with Gasteiger partial charge in [0.15, 0.2) is 0 Å². The summed E-state index contributed by atoms with van der Waals surface area (Å²) in [5.74, 6) is -0.297. The van der Waals surface area contributed by atoms with E-state index in [0.717, 1.165) is 10.0 Å². The third-order valence-corrected chi connectivity index (χ3v) is 4.84. The summed E-state index contributed by atoms with van der Waals surface area (Å²) in [6.07, 6.45) is -0.0109. The molecule has 1 heterocycles. The van der Waals surface area contributed by atoms with Crippen molar-refractivity contribution in [3.8, 4) is 0 Å². The molecule has 0 bridgehead atoms. The molecule has 2 rings (SSSR count). The molecule has 1 fully saturated rings. The van der Waals surface area contributed by atoms with Gasteiger partial charge in [-0.2, -0.15) is 0 Å². The molecule has 1 aromatic rings. The molecule has 25 heavy (non-hydrogen) atoms. The maximum atomic E-state index is 12.7. The number of likely N-dealkylation sites (tertiary alicyclic amines) is 1. The average Bonchev–Trinajstić information content (AvgIpc) is 2.88. The Balaban J connectivity index is 2.05. The maximum absolute atomic E-state index is 12.7. The predicted molar refractivity (Wildman–Crippen MR) is 101 cm³/mol. The number of halogens is 1. The normalized spacial score (nSPS) is 21.9. The van der Waals surface area contributed by atoms with Crippen LogP contribution in [0.5, 0.6) is 0 Å². The Labute approximate surface area is 157 Å². The Bertz CT molecular complexity index is 625. The number of aliphatic hydroxyl groups excluding tert-OH is 1. The van der Waals surface area contributed by atoms with Crippen molar-refractivity contribution in [2.75, 3.05) is 6.54 Å². The van der Waals surface area contributed by atoms with Crippen LogP contribution in [0.3, 0.4) is 0 Å². The van der Waals surface area contributed by atoms with E-state index >= 15 is 0 Å². The Morgan fingerprint density at radius 3 is 2.48 bits per heavy atom. The quantitative estimate of drug-likeness (QED) is 0.801. The Hall–Kier alpha value is -1.40. The summed E-state index contributed by atoms with van der Waals surface area (Å²) in [7, 11) is 0. The zero-order valence-electron chi connectivity index (χ0n) is 15.3. The number of nitrogens with one attached hydrogen (secondary N) is 1. The van der Waals surface area contributed by atoms with Gasteiger partial charge in [0.05, 0.1) is 12.1 Å². The minimum Gasteiger partial charge on any atom is -0.391 e. The smallest absolute Gasteiger partial charge is 0.243 e. The number of aliphatic hydroxyl groups is 1. The Morgan fingerprint density at radius 2 is 1.92 bits per heavy atom. The molecule has 6 heteroatoms. The second-order valence-corrected chi connectivity index (χ2v) is 8.89. The van der Waals surface area contributed by atoms with Crippen molar-refractivity contribution < 1.29 is 14.7 Å². The van der Waals surface area contributed by atoms with Crippen molar-refractivity contribution in [3.63, 3.8) is 0 Å². The zero-order chi connectivity index (χ0) is 18.8. The zero-order valence-corrected chi connectivity index (χ0v) is 16.8. The van der Waals surface area contributed by atoms with E-state index < -0.39 is 12.1 Å². The summed E-state index contributed by atoms with van der Waals surface area (Å²) in [5, 5.41) is 12.9. The van der Waals surface area contributed by atoms with E-state index in [2.05, 4.69) is 21.2 Å². The van der Waals surface area contributed by atoms with Crippen LogP contribution in [0, 0.1) is 5.41 Å². The lowest BCUT2D eigenvalue weighted by Crippen LogP contribution is -2.47. The second kappa shape index (κ2) is 7.87. The molecule has 1 aromatic carbocycles. The van der Waals surface area contributed by atoms with Crippen LogP contribution >= 0.6 is 15.9 Å². The van der Waals surface area contributed by atoms with Gasteiger partial charge in [0.25, 0.3) is 0 Å². The van der Waals surface area contributed by atoms with E-state index in [4.69, 9.17) is 0 Å². The summed E-state index contributed by atoms with van der Waals surface area (Å²) in [5.41, 5.74) is 0.832. The second-order valence-electron chi connectivity index (χ2n) is 7.97. The number of carbonyl (C=O) groups is 2. The molecule has 1 saturated heterocycles. The number of β-amino-alcohol motifs (C(OH)–C–C–N with tert-alkyl or cyclic N) is 1. The fraction of sp³-hybridized carbons (Fsp3) is 0.579. The van der Waals surface area contributed by atoms with Crippen LogP contribution in [0.4, 0.5) is 0 Å². The fourth-order valence-electron chi connectivity index (χ4n) is 3.04. The van der Waals surface area contributed by atoms with Crippen molar-refractivity contribution in [1.82, 2.24) is 10.2 Å². The number of hydrogen-bond donors (Lipinski definition) is 2. The van der Waals surface area contributed by atoms with Crippen LogP contribution in [0.15, 0.2) is 28.7 Å². The molecular formula is C19H27BrN2O3. The monoisotopic (exact) mass is 410 g/mol. The number of rotatable bonds is 4. The van der Waals surface area contributed by atoms with Gasteiger partial charge < -0.3 is 15.3 Å². The first-order valence-electron chi connectivity index (χ1n) is 8.60. The Morgan fingerprint density at radius 1 is 1.32 bits per heavy atom. The highest BCUT2D eigenvalue weighted by atomic mass is 79.9. The first kappa shape index (κ1) is 19.9. The van der Waals surface area contributed by atoms with Gasteiger partial charge in [-0.25, -0.2) is 0 Å². The van der Waals surface area contributed by atoms with Crippen LogP contribution in [-0.2, 0) is 9.59 Å². The van der Waals surface area contributed by atoms with Gasteiger partial charge in [-0.05, 0) is 30.0 Å². The molecule has 2 N–H and O–H groups in total. The van der Waals surface area contributed by atoms with Gasteiger partial charge in [-0.3, -0.25) is 9.59 Å². The molecule has 5 nitrogen and oxygen atoms in total. The van der Waals surface area contributed by atoms with Crippen molar-refractivity contribution in [2.24, 2.45) is 5.41 Å². The molecule has 1 unspecified atom stereocenters. The van der Waals surface area contributed by atoms with Crippen molar-refractivity contribution in [1.29, 1.82) is 0 Å². The molecule has 138 valence electrons. The van der Waals surface area contributed by atoms with Crippen LogP contribution in [0.2, 0.25) is 0 Å². The third-order valence-electron chi connectivity index (χ3n) is 4.31. The highest BCUT2D eigenvalue weighted by molar-refractivity contribution is 9.10. The van der Waals surface area contributed by atoms with Crippen LogP contribution in [-0.4, -0.2) is 40.5 Å². The number of carbonyl (C=O) groups excluding carboxylic acids is 2. The SMILES string of the molecule is C[C@H](NC(=O)C1C[C@@H](O)CN1C(=O)CC(C)(C)C)c1ccc(Br)cc1. The van der Waals surface area contributed by atoms with Gasteiger partial charge in [0, 0.05) is 23.9 Å². The highest BCUT2D eigenvalue weighted by Crippen LogP contribution is 2.26. The van der Waals surface area contributed by atoms with Crippen LogP contribution < -0.4 is 5.32 Å². The van der Waals surface area contributed by atoms with E-state index in [1.165, 1.54) is 4.90 Å². The molecule has 1 aliphatic rings. The summed E-state index contributed by atoms with van der Waals surface area (Å²) in [6.45, 7) is 8.10. The molecule has 0 aromatic heterocycles. The van der Waals surface area contributed by atoms with E-state index in [1.807, 2.05) is 52.0 Å². The lowest BCUT2D eigenvalue weighted by molar-refractivity contribution is -0.140. The lowest BCUT2D eigenvalue weighted by Gasteiger charge is -2.28. The molecule has 0 saturated carbocycles. The lowest BCUT2D eigenvalue weighted by atomic mass is 9.91. The Kier molecular flexibility index (Phi) is 6.27. The highest BCUT2D eigenvalue weighted by Gasteiger charge is 2.39. The summed E-state index contributed by atoms with van der Waals surface area (Å²) < 4.78 is 0.979. The van der Waals surface area contributed by atoms with Crippen LogP contribution in [0.25, 0.3) is 0 Å². The molecule has 2 amide bonds. The predicted octanol–water partition coefficient (Wildman–Crippen LogP) is 3.02. The van der Waals surface area contributed by atoms with Crippen molar-refractivity contribution in [2.45, 2.75) is 58.7 Å². The van der Waals surface area contributed by atoms with Gasteiger partial charge in [-0.15, -0.1) is 0 Å². The fourth-order valence-corrected chi connectivity index (χ4v) is 3.30. The van der Waals surface area contributed by atoms with Gasteiger partial charge in [-0.1, -0.05) is 48.8 Å². The minimum atomic E-state index is -0.650. The summed E-state index contributed by atoms with van der Waals surface area (Å²) in [4.78, 5) is 26.8. The number of benzene rings is 1. The van der Waals surface area contributed by atoms with E-state index in [-0.39, 0.29) is 36.2 Å². The number of hydrogen-bond acceptors (Lipinski definition) is 3. The molecule has 0 spiro atoms. The first-order chi connectivity index (χ1) is 11.6. The van der Waals surface area contributed by atoms with E-state index in [9.17, 15) is 14.7 Å². The summed E-state index contributed by atoms with van der Waals surface area (Å²) >= 11 is 3.39. The first-order valence-corrected chi connectivity index (χ1v) is 9.39.